The maximum absolute atomic E-state index is 11.2. The minimum absolute atomic E-state index is 0.357. The minimum Gasteiger partial charge on any atom is -0.477 e. The lowest BCUT2D eigenvalue weighted by Gasteiger charge is -2.16. The van der Waals surface area contributed by atoms with E-state index in [1.54, 1.807) is 4.57 Å². The number of rotatable bonds is 3. The number of nitrogens with zero attached hydrogens (tertiary/aromatic N) is 2. The average molecular weight is 223 g/mol. The van der Waals surface area contributed by atoms with Gasteiger partial charge in [0.05, 0.1) is 5.69 Å². The van der Waals surface area contributed by atoms with Crippen LogP contribution in [0.5, 0.6) is 0 Å². The van der Waals surface area contributed by atoms with Crippen molar-refractivity contribution < 1.29 is 9.90 Å². The molecule has 0 spiro atoms. The molecule has 0 bridgehead atoms. The van der Waals surface area contributed by atoms with E-state index in [0.29, 0.717) is 29.7 Å². The molecule has 0 atom stereocenters. The highest BCUT2D eigenvalue weighted by molar-refractivity contribution is 5.88. The summed E-state index contributed by atoms with van der Waals surface area (Å²) in [5.41, 5.74) is 1.06. The lowest BCUT2D eigenvalue weighted by Crippen LogP contribution is -2.20. The second-order valence-corrected chi connectivity index (χ2v) is 4.57. The predicted molar refractivity (Wildman–Crippen MR) is 60.8 cm³/mol. The van der Waals surface area contributed by atoms with Gasteiger partial charge in [0.25, 0.3) is 0 Å². The molecule has 2 N–H and O–H groups in total. The minimum atomic E-state index is -0.877. The zero-order valence-corrected chi connectivity index (χ0v) is 9.66. The van der Waals surface area contributed by atoms with E-state index in [9.17, 15) is 9.90 Å². The van der Waals surface area contributed by atoms with Gasteiger partial charge in [-0.25, -0.2) is 9.78 Å². The van der Waals surface area contributed by atoms with Crippen LogP contribution in [0.25, 0.3) is 0 Å². The normalized spacial score (nSPS) is 14.7. The van der Waals surface area contributed by atoms with E-state index >= 15 is 0 Å². The van der Waals surface area contributed by atoms with E-state index in [0.717, 1.165) is 19.5 Å². The summed E-state index contributed by atoms with van der Waals surface area (Å²) < 4.78 is 1.78. The molecule has 0 amide bonds. The molecule has 0 fully saturated rings. The fourth-order valence-corrected chi connectivity index (χ4v) is 2.06. The third-order valence-electron chi connectivity index (χ3n) is 2.69. The molecule has 5 nitrogen and oxygen atoms in total. The zero-order valence-electron chi connectivity index (χ0n) is 9.66. The van der Waals surface area contributed by atoms with Crippen LogP contribution >= 0.6 is 0 Å². The standard InChI is InChI=1S/C11H17N3O2/c1-7(2)6-8-9(10(15)16)14-5-3-4-12-11(14)13-8/h7H,3-6H2,1-2H3,(H,12,13)(H,15,16). The van der Waals surface area contributed by atoms with Crippen molar-refractivity contribution in [2.24, 2.45) is 5.92 Å². The number of aromatic carboxylic acids is 1. The summed E-state index contributed by atoms with van der Waals surface area (Å²) in [7, 11) is 0. The monoisotopic (exact) mass is 223 g/mol. The highest BCUT2D eigenvalue weighted by Gasteiger charge is 2.24. The smallest absolute Gasteiger partial charge is 0.354 e. The van der Waals surface area contributed by atoms with Crippen LogP contribution in [0.2, 0.25) is 0 Å². The lowest BCUT2D eigenvalue weighted by atomic mass is 10.1. The van der Waals surface area contributed by atoms with Crippen molar-refractivity contribution in [3.63, 3.8) is 0 Å². The van der Waals surface area contributed by atoms with Crippen molar-refractivity contribution in [1.29, 1.82) is 0 Å². The Labute approximate surface area is 94.5 Å². The average Bonchev–Trinajstić information content (AvgIpc) is 2.53. The van der Waals surface area contributed by atoms with Crippen molar-refractivity contribution in [3.05, 3.63) is 11.4 Å². The largest absolute Gasteiger partial charge is 0.477 e. The Morgan fingerprint density at radius 2 is 2.38 bits per heavy atom. The molecule has 0 saturated heterocycles. The molecule has 0 aliphatic carbocycles. The molecule has 0 saturated carbocycles. The van der Waals surface area contributed by atoms with Crippen molar-refractivity contribution in [2.45, 2.75) is 33.2 Å². The van der Waals surface area contributed by atoms with Gasteiger partial charge in [-0.2, -0.15) is 0 Å². The summed E-state index contributed by atoms with van der Waals surface area (Å²) in [6.45, 7) is 5.75. The maximum Gasteiger partial charge on any atom is 0.354 e. The van der Waals surface area contributed by atoms with Crippen molar-refractivity contribution in [1.82, 2.24) is 9.55 Å². The first-order valence-electron chi connectivity index (χ1n) is 5.66. The zero-order chi connectivity index (χ0) is 11.7. The molecule has 0 radical (unpaired) electrons. The van der Waals surface area contributed by atoms with Crippen LogP contribution in [0.15, 0.2) is 0 Å². The number of hydrogen-bond donors (Lipinski definition) is 2. The van der Waals surface area contributed by atoms with Gasteiger partial charge in [0.2, 0.25) is 5.95 Å². The van der Waals surface area contributed by atoms with Gasteiger partial charge in [0, 0.05) is 13.1 Å². The van der Waals surface area contributed by atoms with Crippen LogP contribution < -0.4 is 5.32 Å². The summed E-state index contributed by atoms with van der Waals surface area (Å²) in [6, 6.07) is 0. The molecule has 16 heavy (non-hydrogen) atoms. The second-order valence-electron chi connectivity index (χ2n) is 4.57. The Morgan fingerprint density at radius 3 is 3.00 bits per heavy atom. The fourth-order valence-electron chi connectivity index (χ4n) is 2.06. The molecule has 1 aromatic rings. The van der Waals surface area contributed by atoms with Crippen LogP contribution in [0.3, 0.4) is 0 Å². The molecule has 2 rings (SSSR count). The molecular weight excluding hydrogens is 206 g/mol. The topological polar surface area (TPSA) is 67.2 Å². The van der Waals surface area contributed by atoms with Gasteiger partial charge in [-0.1, -0.05) is 13.8 Å². The first-order valence-corrected chi connectivity index (χ1v) is 5.66. The van der Waals surface area contributed by atoms with Crippen molar-refractivity contribution >= 4 is 11.9 Å². The van der Waals surface area contributed by atoms with Gasteiger partial charge in [-0.05, 0) is 18.8 Å². The summed E-state index contributed by atoms with van der Waals surface area (Å²) in [6.07, 6.45) is 1.66. The van der Waals surface area contributed by atoms with Gasteiger partial charge in [0.15, 0.2) is 5.69 Å². The summed E-state index contributed by atoms with van der Waals surface area (Å²) in [4.78, 5) is 15.6. The molecule has 88 valence electrons. The Morgan fingerprint density at radius 1 is 1.62 bits per heavy atom. The van der Waals surface area contributed by atoms with E-state index in [2.05, 4.69) is 24.1 Å². The summed E-state index contributed by atoms with van der Waals surface area (Å²) >= 11 is 0. The highest BCUT2D eigenvalue weighted by atomic mass is 16.4. The number of carboxylic acids is 1. The maximum atomic E-state index is 11.2. The molecule has 1 aromatic heterocycles. The van der Waals surface area contributed by atoms with Crippen LogP contribution in [-0.4, -0.2) is 27.2 Å². The summed E-state index contributed by atoms with van der Waals surface area (Å²) in [5.74, 6) is 0.243. The first kappa shape index (κ1) is 11.0. The number of fused-ring (bicyclic) bond motifs is 1. The Balaban J connectivity index is 2.43. The van der Waals surface area contributed by atoms with E-state index in [-0.39, 0.29) is 0 Å². The van der Waals surface area contributed by atoms with Crippen LogP contribution in [0.4, 0.5) is 5.95 Å². The van der Waals surface area contributed by atoms with E-state index in [4.69, 9.17) is 0 Å². The third kappa shape index (κ3) is 1.89. The summed E-state index contributed by atoms with van der Waals surface area (Å²) in [5, 5.41) is 12.4. The highest BCUT2D eigenvalue weighted by Crippen LogP contribution is 2.22. The van der Waals surface area contributed by atoms with E-state index < -0.39 is 5.97 Å². The van der Waals surface area contributed by atoms with Gasteiger partial charge in [-0.3, -0.25) is 0 Å². The first-order chi connectivity index (χ1) is 7.59. The number of aromatic nitrogens is 2. The quantitative estimate of drug-likeness (QED) is 0.816. The van der Waals surface area contributed by atoms with E-state index in [1.165, 1.54) is 0 Å². The van der Waals surface area contributed by atoms with Gasteiger partial charge in [0.1, 0.15) is 0 Å². The van der Waals surface area contributed by atoms with Crippen LogP contribution in [-0.2, 0) is 13.0 Å². The van der Waals surface area contributed by atoms with Gasteiger partial charge in [-0.15, -0.1) is 0 Å². The second kappa shape index (κ2) is 4.15. The molecule has 5 heteroatoms. The number of carbonyl (C=O) groups is 1. The number of imidazole rings is 1. The fraction of sp³-hybridized carbons (Fsp3) is 0.636. The van der Waals surface area contributed by atoms with Crippen molar-refractivity contribution in [3.8, 4) is 0 Å². The Kier molecular flexibility index (Phi) is 2.85. The number of carboxylic acid groups (broad SMARTS) is 1. The number of nitrogens with one attached hydrogen (secondary N) is 1. The third-order valence-corrected chi connectivity index (χ3v) is 2.69. The number of anilines is 1. The van der Waals surface area contributed by atoms with Crippen LogP contribution in [0.1, 0.15) is 36.5 Å². The lowest BCUT2D eigenvalue weighted by molar-refractivity contribution is 0.0683. The van der Waals surface area contributed by atoms with E-state index in [1.807, 2.05) is 0 Å². The molecule has 2 heterocycles. The van der Waals surface area contributed by atoms with Gasteiger partial charge >= 0.3 is 5.97 Å². The Hall–Kier alpha value is -1.52. The Bertz CT molecular complexity index is 410. The SMILES string of the molecule is CC(C)Cc1nc2n(c1C(=O)O)CCCN2. The van der Waals surface area contributed by atoms with Gasteiger partial charge < -0.3 is 15.0 Å². The molecular formula is C11H17N3O2. The van der Waals surface area contributed by atoms with Crippen molar-refractivity contribution in [2.75, 3.05) is 11.9 Å². The predicted octanol–water partition coefficient (Wildman–Crippen LogP) is 1.60. The molecule has 1 aliphatic heterocycles. The molecule has 0 unspecified atom stereocenters. The molecule has 1 aliphatic rings. The molecule has 0 aromatic carbocycles. The number of hydrogen-bond acceptors (Lipinski definition) is 3. The van der Waals surface area contributed by atoms with Crippen LogP contribution in [0, 0.1) is 5.92 Å².